The van der Waals surface area contributed by atoms with Crippen LogP contribution in [0.4, 0.5) is 8.78 Å². The van der Waals surface area contributed by atoms with E-state index in [0.717, 1.165) is 19.2 Å². The molecule has 0 aliphatic carbocycles. The molecule has 15 heavy (non-hydrogen) atoms. The summed E-state index contributed by atoms with van der Waals surface area (Å²) >= 11 is 0. The summed E-state index contributed by atoms with van der Waals surface area (Å²) in [5.41, 5.74) is 4.10. The Labute approximate surface area is 85.8 Å². The lowest BCUT2D eigenvalue weighted by molar-refractivity contribution is -0.146. The summed E-state index contributed by atoms with van der Waals surface area (Å²) in [6, 6.07) is 2.71. The molecule has 1 atom stereocenters. The summed E-state index contributed by atoms with van der Waals surface area (Å²) in [6.07, 6.45) is 0. The SMILES string of the molecule is COC(=O)C(C)(N)c1cc(F)cc(F)c1. The predicted molar refractivity (Wildman–Crippen MR) is 49.9 cm³/mol. The minimum atomic E-state index is -1.56. The second-order valence-corrected chi connectivity index (χ2v) is 3.35. The molecular weight excluding hydrogens is 204 g/mol. The summed E-state index contributed by atoms with van der Waals surface area (Å²) in [5.74, 6) is -2.33. The summed E-state index contributed by atoms with van der Waals surface area (Å²) in [4.78, 5) is 11.3. The summed E-state index contributed by atoms with van der Waals surface area (Å²) in [5, 5.41) is 0. The normalized spacial score (nSPS) is 14.5. The molecule has 82 valence electrons. The Morgan fingerprint density at radius 1 is 1.33 bits per heavy atom. The molecule has 0 radical (unpaired) electrons. The van der Waals surface area contributed by atoms with Crippen molar-refractivity contribution < 1.29 is 18.3 Å². The molecule has 0 saturated heterocycles. The molecule has 0 saturated carbocycles. The lowest BCUT2D eigenvalue weighted by Crippen LogP contribution is -2.42. The fourth-order valence-corrected chi connectivity index (χ4v) is 1.18. The van der Waals surface area contributed by atoms with Crippen LogP contribution >= 0.6 is 0 Å². The molecule has 0 aromatic heterocycles. The topological polar surface area (TPSA) is 52.3 Å². The van der Waals surface area contributed by atoms with E-state index in [9.17, 15) is 13.6 Å². The van der Waals surface area contributed by atoms with Crippen molar-refractivity contribution in [2.24, 2.45) is 5.73 Å². The van der Waals surface area contributed by atoms with Crippen LogP contribution in [0.25, 0.3) is 0 Å². The summed E-state index contributed by atoms with van der Waals surface area (Å²) in [7, 11) is 1.16. The lowest BCUT2D eigenvalue weighted by Gasteiger charge is -2.21. The summed E-state index contributed by atoms with van der Waals surface area (Å²) in [6.45, 7) is 1.33. The number of methoxy groups -OCH3 is 1. The van der Waals surface area contributed by atoms with Crippen molar-refractivity contribution in [3.05, 3.63) is 35.4 Å². The molecule has 0 fully saturated rings. The van der Waals surface area contributed by atoms with Crippen LogP contribution in [0.15, 0.2) is 18.2 Å². The van der Waals surface area contributed by atoms with E-state index >= 15 is 0 Å². The zero-order chi connectivity index (χ0) is 11.6. The fourth-order valence-electron chi connectivity index (χ4n) is 1.18. The van der Waals surface area contributed by atoms with Crippen molar-refractivity contribution in [3.63, 3.8) is 0 Å². The third-order valence-electron chi connectivity index (χ3n) is 2.07. The number of carbonyl (C=O) groups excluding carboxylic acids is 1. The first-order valence-electron chi connectivity index (χ1n) is 4.22. The van der Waals surface area contributed by atoms with E-state index in [1.165, 1.54) is 6.92 Å². The van der Waals surface area contributed by atoms with Gasteiger partial charge in [0.15, 0.2) is 0 Å². The highest BCUT2D eigenvalue weighted by atomic mass is 19.1. The van der Waals surface area contributed by atoms with Gasteiger partial charge in [-0.3, -0.25) is 0 Å². The number of rotatable bonds is 2. The van der Waals surface area contributed by atoms with Gasteiger partial charge >= 0.3 is 5.97 Å². The van der Waals surface area contributed by atoms with Crippen molar-refractivity contribution in [2.75, 3.05) is 7.11 Å². The number of halogens is 2. The molecule has 0 spiro atoms. The van der Waals surface area contributed by atoms with Gasteiger partial charge in [0.05, 0.1) is 7.11 Å². The van der Waals surface area contributed by atoms with Gasteiger partial charge in [-0.1, -0.05) is 0 Å². The minimum Gasteiger partial charge on any atom is -0.467 e. The Balaban J connectivity index is 3.20. The van der Waals surface area contributed by atoms with Crippen LogP contribution in [0.3, 0.4) is 0 Å². The molecule has 1 unspecified atom stereocenters. The number of hydrogen-bond acceptors (Lipinski definition) is 3. The first-order valence-corrected chi connectivity index (χ1v) is 4.22. The number of esters is 1. The van der Waals surface area contributed by atoms with Gasteiger partial charge in [0, 0.05) is 6.07 Å². The number of ether oxygens (including phenoxy) is 1. The standard InChI is InChI=1S/C10H11F2NO2/c1-10(13,9(14)15-2)6-3-7(11)5-8(12)4-6/h3-5H,13H2,1-2H3. The largest absolute Gasteiger partial charge is 0.467 e. The van der Waals surface area contributed by atoms with Crippen LogP contribution in [0.5, 0.6) is 0 Å². The molecule has 0 aliphatic heterocycles. The second kappa shape index (κ2) is 3.94. The van der Waals surface area contributed by atoms with Crippen molar-refractivity contribution in [3.8, 4) is 0 Å². The maximum absolute atomic E-state index is 12.9. The van der Waals surface area contributed by atoms with E-state index in [0.29, 0.717) is 6.07 Å². The van der Waals surface area contributed by atoms with Crippen molar-refractivity contribution in [2.45, 2.75) is 12.5 Å². The molecule has 1 rings (SSSR count). The Morgan fingerprint density at radius 3 is 2.20 bits per heavy atom. The van der Waals surface area contributed by atoms with Gasteiger partial charge < -0.3 is 10.5 Å². The van der Waals surface area contributed by atoms with Gasteiger partial charge in [-0.05, 0) is 24.6 Å². The van der Waals surface area contributed by atoms with Gasteiger partial charge in [-0.15, -0.1) is 0 Å². The van der Waals surface area contributed by atoms with E-state index in [2.05, 4.69) is 4.74 Å². The van der Waals surface area contributed by atoms with Crippen LogP contribution in [0.2, 0.25) is 0 Å². The van der Waals surface area contributed by atoms with Crippen molar-refractivity contribution >= 4 is 5.97 Å². The van der Waals surface area contributed by atoms with Crippen LogP contribution in [-0.2, 0) is 15.1 Å². The summed E-state index contributed by atoms with van der Waals surface area (Å²) < 4.78 is 30.2. The minimum absolute atomic E-state index is 0.0341. The maximum atomic E-state index is 12.9. The van der Waals surface area contributed by atoms with Gasteiger partial charge in [0.25, 0.3) is 0 Å². The lowest BCUT2D eigenvalue weighted by atomic mass is 9.93. The van der Waals surface area contributed by atoms with Crippen LogP contribution in [0, 0.1) is 11.6 Å². The molecule has 1 aromatic rings. The molecule has 2 N–H and O–H groups in total. The zero-order valence-electron chi connectivity index (χ0n) is 8.38. The van der Waals surface area contributed by atoms with E-state index in [1.807, 2.05) is 0 Å². The monoisotopic (exact) mass is 215 g/mol. The van der Waals surface area contributed by atoms with Crippen molar-refractivity contribution in [1.82, 2.24) is 0 Å². The zero-order valence-corrected chi connectivity index (χ0v) is 8.38. The first-order chi connectivity index (χ1) is 6.87. The molecule has 0 heterocycles. The van der Waals surface area contributed by atoms with Crippen molar-refractivity contribution in [1.29, 1.82) is 0 Å². The van der Waals surface area contributed by atoms with Crippen LogP contribution in [0.1, 0.15) is 12.5 Å². The molecule has 3 nitrogen and oxygen atoms in total. The average molecular weight is 215 g/mol. The van der Waals surface area contributed by atoms with Gasteiger partial charge in [0.1, 0.15) is 17.2 Å². The average Bonchev–Trinajstić information content (AvgIpc) is 2.15. The van der Waals surface area contributed by atoms with Crippen LogP contribution < -0.4 is 5.73 Å². The molecule has 1 aromatic carbocycles. The molecule has 0 amide bonds. The quantitative estimate of drug-likeness (QED) is 0.757. The third kappa shape index (κ3) is 2.30. The number of benzene rings is 1. The second-order valence-electron chi connectivity index (χ2n) is 3.35. The predicted octanol–water partition coefficient (Wildman–Crippen LogP) is 1.31. The fraction of sp³-hybridized carbons (Fsp3) is 0.300. The van der Waals surface area contributed by atoms with E-state index in [1.54, 1.807) is 0 Å². The van der Waals surface area contributed by atoms with Gasteiger partial charge in [0.2, 0.25) is 0 Å². The highest BCUT2D eigenvalue weighted by molar-refractivity contribution is 5.81. The van der Waals surface area contributed by atoms with Gasteiger partial charge in [-0.2, -0.15) is 0 Å². The molecule has 0 aliphatic rings. The smallest absolute Gasteiger partial charge is 0.330 e. The number of nitrogens with two attached hydrogens (primary N) is 1. The maximum Gasteiger partial charge on any atom is 0.330 e. The molecule has 0 bridgehead atoms. The Hall–Kier alpha value is -1.49. The van der Waals surface area contributed by atoms with E-state index in [-0.39, 0.29) is 5.56 Å². The van der Waals surface area contributed by atoms with Gasteiger partial charge in [-0.25, -0.2) is 13.6 Å². The first kappa shape index (κ1) is 11.6. The van der Waals surface area contributed by atoms with Crippen LogP contribution in [-0.4, -0.2) is 13.1 Å². The van der Waals surface area contributed by atoms with E-state index in [4.69, 9.17) is 5.73 Å². The third-order valence-corrected chi connectivity index (χ3v) is 2.07. The number of carbonyl (C=O) groups is 1. The highest BCUT2D eigenvalue weighted by Crippen LogP contribution is 2.21. The Bertz CT molecular complexity index is 371. The highest BCUT2D eigenvalue weighted by Gasteiger charge is 2.32. The Morgan fingerprint density at radius 2 is 1.80 bits per heavy atom. The Kier molecular flexibility index (Phi) is 3.04. The molecular formula is C10H11F2NO2. The molecule has 5 heteroatoms. The number of hydrogen-bond donors (Lipinski definition) is 1. The van der Waals surface area contributed by atoms with E-state index < -0.39 is 23.1 Å².